The first-order chi connectivity index (χ1) is 16.3. The largest absolute Gasteiger partial charge is 0.0730 e. The van der Waals surface area contributed by atoms with Crippen LogP contribution < -0.4 is 0 Å². The van der Waals surface area contributed by atoms with Gasteiger partial charge in [-0.1, -0.05) is 102 Å². The van der Waals surface area contributed by atoms with Crippen molar-refractivity contribution in [2.24, 2.45) is 17.8 Å². The molecule has 0 unspecified atom stereocenters. The molecule has 0 amide bonds. The molecule has 0 aromatic heterocycles. The monoisotopic (exact) mass is 446 g/mol. The molecule has 0 spiro atoms. The Morgan fingerprint density at radius 3 is 1.91 bits per heavy atom. The van der Waals surface area contributed by atoms with Crippen LogP contribution in [0, 0.1) is 29.6 Å². The predicted molar refractivity (Wildman–Crippen MR) is 146 cm³/mol. The average Bonchev–Trinajstić information content (AvgIpc) is 2.86. The van der Waals surface area contributed by atoms with Gasteiger partial charge in [0.15, 0.2) is 0 Å². The van der Waals surface area contributed by atoms with Crippen LogP contribution in [0.4, 0.5) is 0 Å². The summed E-state index contributed by atoms with van der Waals surface area (Å²) in [6.07, 6.45) is 28.5. The van der Waals surface area contributed by atoms with Gasteiger partial charge in [-0.25, -0.2) is 0 Å². The van der Waals surface area contributed by atoms with E-state index in [0.717, 1.165) is 29.2 Å². The van der Waals surface area contributed by atoms with E-state index in [1.807, 2.05) is 0 Å². The molecule has 0 N–H and O–H groups in total. The number of unbranched alkanes of at least 4 members (excludes halogenated alkanes) is 5. The highest BCUT2D eigenvalue weighted by Gasteiger charge is 2.22. The normalized spacial score (nSPS) is 25.6. The molecule has 0 bridgehead atoms. The van der Waals surface area contributed by atoms with E-state index in [1.54, 1.807) is 0 Å². The van der Waals surface area contributed by atoms with Crippen LogP contribution in [0.5, 0.6) is 0 Å². The van der Waals surface area contributed by atoms with Gasteiger partial charge < -0.3 is 0 Å². The van der Waals surface area contributed by atoms with Gasteiger partial charge in [0.2, 0.25) is 0 Å². The van der Waals surface area contributed by atoms with Gasteiger partial charge in [0.25, 0.3) is 0 Å². The second-order valence-corrected chi connectivity index (χ2v) is 11.1. The van der Waals surface area contributed by atoms with E-state index in [0.29, 0.717) is 0 Å². The van der Waals surface area contributed by atoms with Gasteiger partial charge in [0.05, 0.1) is 0 Å². The van der Waals surface area contributed by atoms with Crippen molar-refractivity contribution < 1.29 is 0 Å². The zero-order chi connectivity index (χ0) is 23.1. The molecule has 0 heteroatoms. The van der Waals surface area contributed by atoms with Crippen molar-refractivity contribution >= 4 is 0 Å². The van der Waals surface area contributed by atoms with Crippen molar-refractivity contribution in [3.63, 3.8) is 0 Å². The molecular formula is C33H50. The molecule has 0 nitrogen and oxygen atoms in total. The van der Waals surface area contributed by atoms with Crippen molar-refractivity contribution in [1.82, 2.24) is 0 Å². The summed E-state index contributed by atoms with van der Waals surface area (Å²) < 4.78 is 0. The SMILES string of the molecule is CCCCCC[C@H]1CC[C@H](C=CC#Cc2ccc([C@H]3CC[C@H](CCCCC)CC3)cc2)CC1. The molecule has 0 radical (unpaired) electrons. The molecule has 3 rings (SSSR count). The first-order valence-electron chi connectivity index (χ1n) is 14.6. The van der Waals surface area contributed by atoms with Crippen molar-refractivity contribution in [3.05, 3.63) is 47.5 Å². The molecule has 0 atom stereocenters. The van der Waals surface area contributed by atoms with E-state index in [-0.39, 0.29) is 0 Å². The fourth-order valence-electron chi connectivity index (χ4n) is 6.14. The van der Waals surface area contributed by atoms with Crippen molar-refractivity contribution in [3.8, 4) is 11.8 Å². The Morgan fingerprint density at radius 2 is 1.27 bits per heavy atom. The van der Waals surface area contributed by atoms with Gasteiger partial charge in [-0.2, -0.15) is 0 Å². The summed E-state index contributed by atoms with van der Waals surface area (Å²) in [5.41, 5.74) is 2.70. The first kappa shape index (κ1) is 26.1. The number of rotatable bonds is 11. The highest BCUT2D eigenvalue weighted by molar-refractivity contribution is 5.39. The maximum atomic E-state index is 3.36. The standard InChI is InChI=1S/C33H50/c1-3-5-7-9-13-28-16-18-29(19-17-28)14-10-11-15-31-22-26-33(27-23-31)32-24-20-30(21-25-32)12-8-6-4-2/h10,14,22-23,26-30,32H,3-9,12-13,16-21,24-25H2,1-2H3/t28-,29-,30-,32-. The minimum Gasteiger partial charge on any atom is -0.0730 e. The Hall–Kier alpha value is -1.48. The maximum Gasteiger partial charge on any atom is 0.0249 e. The second-order valence-electron chi connectivity index (χ2n) is 11.1. The van der Waals surface area contributed by atoms with Crippen LogP contribution >= 0.6 is 0 Å². The molecule has 1 aromatic carbocycles. The van der Waals surface area contributed by atoms with E-state index < -0.39 is 0 Å². The van der Waals surface area contributed by atoms with E-state index in [2.05, 4.69) is 62.1 Å². The summed E-state index contributed by atoms with van der Waals surface area (Å²) in [7, 11) is 0. The topological polar surface area (TPSA) is 0 Å². The van der Waals surface area contributed by atoms with Crippen molar-refractivity contribution in [2.75, 3.05) is 0 Å². The molecule has 2 saturated carbocycles. The predicted octanol–water partition coefficient (Wildman–Crippen LogP) is 10.2. The zero-order valence-electron chi connectivity index (χ0n) is 21.8. The van der Waals surface area contributed by atoms with Gasteiger partial charge in [0, 0.05) is 5.56 Å². The van der Waals surface area contributed by atoms with Crippen molar-refractivity contribution in [1.29, 1.82) is 0 Å². The Kier molecular flexibility index (Phi) is 12.2. The average molecular weight is 447 g/mol. The number of benzene rings is 1. The highest BCUT2D eigenvalue weighted by atomic mass is 14.3. The Labute approximate surface area is 206 Å². The smallest absolute Gasteiger partial charge is 0.0249 e. The summed E-state index contributed by atoms with van der Waals surface area (Å²) >= 11 is 0. The molecule has 182 valence electrons. The Balaban J connectivity index is 1.35. The quantitative estimate of drug-likeness (QED) is 0.234. The summed E-state index contributed by atoms with van der Waals surface area (Å²) in [6, 6.07) is 9.18. The van der Waals surface area contributed by atoms with Crippen LogP contribution in [0.25, 0.3) is 0 Å². The van der Waals surface area contributed by atoms with Crippen molar-refractivity contribution in [2.45, 2.75) is 129 Å². The summed E-state index contributed by atoms with van der Waals surface area (Å²) in [5, 5.41) is 0. The first-order valence-corrected chi connectivity index (χ1v) is 14.6. The van der Waals surface area contributed by atoms with Crippen LogP contribution in [0.15, 0.2) is 36.4 Å². The summed E-state index contributed by atoms with van der Waals surface area (Å²) in [6.45, 7) is 4.61. The minimum atomic E-state index is 0.755. The minimum absolute atomic E-state index is 0.755. The van der Waals surface area contributed by atoms with Crippen LogP contribution in [-0.2, 0) is 0 Å². The maximum absolute atomic E-state index is 3.36. The summed E-state index contributed by atoms with van der Waals surface area (Å²) in [5.74, 6) is 10.2. The van der Waals surface area contributed by atoms with Gasteiger partial charge in [0.1, 0.15) is 0 Å². The molecular weight excluding hydrogens is 396 g/mol. The lowest BCUT2D eigenvalue weighted by Crippen LogP contribution is -2.13. The van der Waals surface area contributed by atoms with E-state index >= 15 is 0 Å². The van der Waals surface area contributed by atoms with Crippen LogP contribution in [-0.4, -0.2) is 0 Å². The van der Waals surface area contributed by atoms with E-state index in [4.69, 9.17) is 0 Å². The fourth-order valence-corrected chi connectivity index (χ4v) is 6.14. The molecule has 2 aliphatic rings. The van der Waals surface area contributed by atoms with E-state index in [9.17, 15) is 0 Å². The molecule has 33 heavy (non-hydrogen) atoms. The fraction of sp³-hybridized carbons (Fsp3) is 0.697. The zero-order valence-corrected chi connectivity index (χ0v) is 21.8. The lowest BCUT2D eigenvalue weighted by Gasteiger charge is -2.29. The third-order valence-corrected chi connectivity index (χ3v) is 8.47. The number of hydrogen-bond donors (Lipinski definition) is 0. The molecule has 0 heterocycles. The molecule has 2 fully saturated rings. The molecule has 0 aliphatic heterocycles. The summed E-state index contributed by atoms with van der Waals surface area (Å²) in [4.78, 5) is 0. The number of hydrogen-bond acceptors (Lipinski definition) is 0. The van der Waals surface area contributed by atoms with Crippen LogP contribution in [0.2, 0.25) is 0 Å². The second kappa shape index (κ2) is 15.4. The highest BCUT2D eigenvalue weighted by Crippen LogP contribution is 2.38. The molecule has 2 aliphatic carbocycles. The molecule has 1 aromatic rings. The third kappa shape index (κ3) is 9.73. The van der Waals surface area contributed by atoms with Crippen LogP contribution in [0.1, 0.15) is 140 Å². The lowest BCUT2D eigenvalue weighted by atomic mass is 9.77. The van der Waals surface area contributed by atoms with Gasteiger partial charge >= 0.3 is 0 Å². The van der Waals surface area contributed by atoms with Gasteiger partial charge in [-0.15, -0.1) is 0 Å². The van der Waals surface area contributed by atoms with E-state index in [1.165, 1.54) is 115 Å². The Bertz CT molecular complexity index is 712. The third-order valence-electron chi connectivity index (χ3n) is 8.47. The lowest BCUT2D eigenvalue weighted by molar-refractivity contribution is 0.289. The molecule has 0 saturated heterocycles. The van der Waals surface area contributed by atoms with Crippen LogP contribution in [0.3, 0.4) is 0 Å². The number of allylic oxidation sites excluding steroid dienone is 2. The Morgan fingerprint density at radius 1 is 0.697 bits per heavy atom. The van der Waals surface area contributed by atoms with Gasteiger partial charge in [-0.3, -0.25) is 0 Å². The van der Waals surface area contributed by atoms with Gasteiger partial charge in [-0.05, 0) is 98.8 Å².